The number of ether oxygens (including phenoxy) is 4. The molecule has 410 valence electrons. The van der Waals surface area contributed by atoms with Gasteiger partial charge in [-0.25, -0.2) is 0 Å². The molecule has 7 atom stereocenters. The molecular formula is C67H84N2O8. The number of amides is 1. The van der Waals surface area contributed by atoms with Crippen LogP contribution in [-0.4, -0.2) is 71.3 Å². The van der Waals surface area contributed by atoms with Crippen LogP contribution in [-0.2, 0) is 25.7 Å². The van der Waals surface area contributed by atoms with E-state index in [0.29, 0.717) is 50.3 Å². The number of aliphatic hydroxyl groups excluding tert-OH is 2. The first kappa shape index (κ1) is 56.0. The van der Waals surface area contributed by atoms with Crippen molar-refractivity contribution < 1.29 is 38.8 Å². The zero-order valence-electron chi connectivity index (χ0n) is 45.7. The molecule has 1 unspecified atom stereocenters. The summed E-state index contributed by atoms with van der Waals surface area (Å²) >= 11 is 0. The van der Waals surface area contributed by atoms with Gasteiger partial charge in [0.05, 0.1) is 24.8 Å². The van der Waals surface area contributed by atoms with Crippen molar-refractivity contribution in [3.8, 4) is 28.4 Å². The van der Waals surface area contributed by atoms with Gasteiger partial charge in [-0.2, -0.15) is 0 Å². The van der Waals surface area contributed by atoms with Crippen molar-refractivity contribution in [3.63, 3.8) is 0 Å². The highest BCUT2D eigenvalue weighted by Gasteiger charge is 2.65. The third-order valence-corrected chi connectivity index (χ3v) is 16.7. The van der Waals surface area contributed by atoms with Crippen LogP contribution in [0.5, 0.6) is 17.2 Å². The van der Waals surface area contributed by atoms with Gasteiger partial charge in [0.25, 0.3) is 0 Å². The van der Waals surface area contributed by atoms with Gasteiger partial charge in [-0.1, -0.05) is 173 Å². The molecule has 10 heteroatoms. The minimum atomic E-state index is -1.39. The van der Waals surface area contributed by atoms with Crippen LogP contribution in [0.1, 0.15) is 152 Å². The lowest BCUT2D eigenvalue weighted by molar-refractivity contribution is -0.258. The van der Waals surface area contributed by atoms with Gasteiger partial charge in [-0.3, -0.25) is 4.79 Å². The number of aliphatic hydroxyl groups is 2. The normalized spacial score (nSPS) is 23.1. The fraction of sp³-hybridized carbons (Fsp3) is 0.493. The molecule has 1 saturated heterocycles. The van der Waals surface area contributed by atoms with Gasteiger partial charge in [0.15, 0.2) is 0 Å². The van der Waals surface area contributed by atoms with E-state index in [0.717, 1.165) is 114 Å². The zero-order chi connectivity index (χ0) is 53.2. The maximum absolute atomic E-state index is 15.7. The van der Waals surface area contributed by atoms with Crippen LogP contribution in [0.2, 0.25) is 0 Å². The zero-order valence-corrected chi connectivity index (χ0v) is 45.7. The van der Waals surface area contributed by atoms with Gasteiger partial charge in [0, 0.05) is 50.5 Å². The Labute approximate surface area is 458 Å². The number of fused-ring (bicyclic) bond motifs is 3. The quantitative estimate of drug-likeness (QED) is 0.0276. The Bertz CT molecular complexity index is 2710. The van der Waals surface area contributed by atoms with Crippen molar-refractivity contribution in [2.45, 2.75) is 166 Å². The Kier molecular flexibility index (Phi) is 20.5. The maximum atomic E-state index is 15.7. The van der Waals surface area contributed by atoms with Gasteiger partial charge >= 0.3 is 0 Å². The smallest absolute Gasteiger partial charge is 0.239 e. The third kappa shape index (κ3) is 13.7. The number of carbonyl (C=O) groups is 1. The molecule has 0 radical (unpaired) electrons. The third-order valence-electron chi connectivity index (χ3n) is 16.7. The molecular weight excluding hydrogens is 961 g/mol. The molecule has 1 amide bonds. The average molecular weight is 1050 g/mol. The Morgan fingerprint density at radius 2 is 1.49 bits per heavy atom. The number of hydrogen-bond donors (Lipinski definition) is 2. The van der Waals surface area contributed by atoms with E-state index in [-0.39, 0.29) is 43.5 Å². The molecule has 4 aliphatic rings. The summed E-state index contributed by atoms with van der Waals surface area (Å²) in [5.74, 6) is 0.270. The summed E-state index contributed by atoms with van der Waals surface area (Å²) < 4.78 is 28.0. The average Bonchev–Trinajstić information content (AvgIpc) is 3.54. The van der Waals surface area contributed by atoms with Crippen LogP contribution < -0.4 is 9.47 Å². The highest BCUT2D eigenvalue weighted by Crippen LogP contribution is 2.62. The SMILES string of the molecule is C=CCO[C@@]12Oc3ccc(Oc4ccc(-c5ccccc5)cc4)cc3[C@H]3[C@H](CCCCO)[C@@H](CCCCO)C=C(C(=NOC4CCCCO4)C[C@@H]1N(Cc1cccc4ccccc14)C(=O)CCCCCCCCCCC)[C@H]32. The lowest BCUT2D eigenvalue weighted by atomic mass is 9.55. The molecule has 5 aromatic carbocycles. The molecule has 2 N–H and O–H groups in total. The Morgan fingerprint density at radius 3 is 2.25 bits per heavy atom. The van der Waals surface area contributed by atoms with E-state index in [1.165, 1.54) is 38.5 Å². The second-order valence-electron chi connectivity index (χ2n) is 21.9. The van der Waals surface area contributed by atoms with Crippen LogP contribution in [0.3, 0.4) is 0 Å². The Balaban J connectivity index is 1.18. The molecule has 0 aromatic heterocycles. The molecule has 10 nitrogen and oxygen atoms in total. The highest BCUT2D eigenvalue weighted by molar-refractivity contribution is 6.03. The predicted octanol–water partition coefficient (Wildman–Crippen LogP) is 15.4. The van der Waals surface area contributed by atoms with E-state index in [1.807, 2.05) is 42.5 Å². The molecule has 1 saturated carbocycles. The minimum absolute atomic E-state index is 0.0564. The Morgan fingerprint density at radius 1 is 0.779 bits per heavy atom. The van der Waals surface area contributed by atoms with Crippen molar-refractivity contribution in [1.29, 1.82) is 0 Å². The van der Waals surface area contributed by atoms with E-state index in [9.17, 15) is 10.2 Å². The van der Waals surface area contributed by atoms with E-state index in [4.69, 9.17) is 28.9 Å². The Hall–Kier alpha value is -5.78. The second-order valence-corrected chi connectivity index (χ2v) is 21.9. The summed E-state index contributed by atoms with van der Waals surface area (Å²) in [7, 11) is 0. The number of oxime groups is 1. The summed E-state index contributed by atoms with van der Waals surface area (Å²) in [6.45, 7) is 7.81. The van der Waals surface area contributed by atoms with E-state index in [1.54, 1.807) is 6.08 Å². The van der Waals surface area contributed by atoms with Crippen LogP contribution in [0, 0.1) is 17.8 Å². The van der Waals surface area contributed by atoms with E-state index < -0.39 is 24.0 Å². The molecule has 77 heavy (non-hydrogen) atoms. The van der Waals surface area contributed by atoms with Gasteiger partial charge in [-0.05, 0) is 120 Å². The fourth-order valence-corrected chi connectivity index (χ4v) is 12.8. The topological polar surface area (TPSA) is 119 Å². The minimum Gasteiger partial charge on any atom is -0.459 e. The maximum Gasteiger partial charge on any atom is 0.239 e. The summed E-state index contributed by atoms with van der Waals surface area (Å²) in [4.78, 5) is 24.2. The van der Waals surface area contributed by atoms with Crippen LogP contribution >= 0.6 is 0 Å². The number of nitrogens with zero attached hydrogens (tertiary/aromatic N) is 2. The van der Waals surface area contributed by atoms with E-state index >= 15 is 4.79 Å². The first-order chi connectivity index (χ1) is 37.9. The van der Waals surface area contributed by atoms with Crippen molar-refractivity contribution in [2.24, 2.45) is 22.9 Å². The summed E-state index contributed by atoms with van der Waals surface area (Å²) in [6.07, 6.45) is 22.3. The summed E-state index contributed by atoms with van der Waals surface area (Å²) in [6, 6.07) is 38.9. The number of allylic oxidation sites excluding steroid dienone is 1. The number of unbranched alkanes of at least 4 members (excludes halogenated alkanes) is 10. The van der Waals surface area contributed by atoms with Gasteiger partial charge in [0.1, 0.15) is 23.3 Å². The molecule has 9 rings (SSSR count). The molecule has 0 spiro atoms. The second kappa shape index (κ2) is 28.2. The molecule has 0 bridgehead atoms. The van der Waals surface area contributed by atoms with Gasteiger partial charge < -0.3 is 38.9 Å². The largest absolute Gasteiger partial charge is 0.459 e. The molecule has 5 aromatic rings. The molecule has 2 aliphatic carbocycles. The van der Waals surface area contributed by atoms with Crippen LogP contribution in [0.15, 0.2) is 145 Å². The monoisotopic (exact) mass is 1040 g/mol. The summed E-state index contributed by atoms with van der Waals surface area (Å²) in [5.41, 5.74) is 6.08. The van der Waals surface area contributed by atoms with Crippen LogP contribution in [0.25, 0.3) is 21.9 Å². The summed E-state index contributed by atoms with van der Waals surface area (Å²) in [5, 5.41) is 27.7. The molecule has 2 fully saturated rings. The van der Waals surface area contributed by atoms with Crippen molar-refractivity contribution >= 4 is 22.4 Å². The van der Waals surface area contributed by atoms with Gasteiger partial charge in [-0.15, -0.1) is 6.58 Å². The van der Waals surface area contributed by atoms with Gasteiger partial charge in [0.2, 0.25) is 18.0 Å². The molecule has 2 aliphatic heterocycles. The predicted molar refractivity (Wildman–Crippen MR) is 308 cm³/mol. The highest BCUT2D eigenvalue weighted by atomic mass is 16.8. The number of benzene rings is 5. The number of carbonyl (C=O) groups excluding carboxylic acids is 1. The lowest BCUT2D eigenvalue weighted by Gasteiger charge is -2.60. The van der Waals surface area contributed by atoms with Crippen molar-refractivity contribution in [3.05, 3.63) is 151 Å². The first-order valence-electron chi connectivity index (χ1n) is 29.4. The van der Waals surface area contributed by atoms with E-state index in [2.05, 4.69) is 97.3 Å². The number of hydrogen-bond acceptors (Lipinski definition) is 9. The fourth-order valence-electron chi connectivity index (χ4n) is 12.8. The van der Waals surface area contributed by atoms with Crippen molar-refractivity contribution in [1.82, 2.24) is 4.90 Å². The first-order valence-corrected chi connectivity index (χ1v) is 29.4. The van der Waals surface area contributed by atoms with Crippen LogP contribution in [0.4, 0.5) is 0 Å². The standard InChI is InChI=1S/C67H84N2O8/c1-3-5-6-7-8-9-10-11-15-33-63(72)69(48-53-30-24-29-51-27-16-17-31-56(51)53)62-47-60(68-77-64-34-20-23-44-73-64)58-45-52(28-18-21-41-70)57(32-19-22-42-71)65-59-46-55(39-40-61(59)76-67(62,66(58)65)74-43-4-2)75-54-37-35-50(36-38-54)49-25-13-12-14-26-49/h4,12-14,16-17,24-27,29-31,35-40,45-46,52,57,62,64-66,70-71H,2-3,5-11,15,18-23,28,32-34,41-44,47-48H2,1H3/t52-,57+,62-,64?,65+,66+,67+/m0/s1. The number of rotatable bonds is 29. The lowest BCUT2D eigenvalue weighted by Crippen LogP contribution is -2.70. The van der Waals surface area contributed by atoms with Crippen molar-refractivity contribution in [2.75, 3.05) is 26.4 Å². The molecule has 2 heterocycles.